The van der Waals surface area contributed by atoms with E-state index in [1.165, 1.54) is 7.11 Å². The highest BCUT2D eigenvalue weighted by Crippen LogP contribution is 2.13. The minimum absolute atomic E-state index is 0.196. The lowest BCUT2D eigenvalue weighted by molar-refractivity contribution is -0.145. The van der Waals surface area contributed by atoms with E-state index in [1.807, 2.05) is 32.8 Å². The molecule has 0 spiro atoms. The first-order valence-corrected chi connectivity index (χ1v) is 8.06. The Kier molecular flexibility index (Phi) is 7.91. The van der Waals surface area contributed by atoms with Crippen LogP contribution < -0.4 is 10.2 Å². The Labute approximate surface area is 148 Å². The summed E-state index contributed by atoms with van der Waals surface area (Å²) in [5.74, 6) is -1.47. The van der Waals surface area contributed by atoms with E-state index < -0.39 is 30.5 Å². The minimum Gasteiger partial charge on any atom is -0.467 e. The van der Waals surface area contributed by atoms with Crippen molar-refractivity contribution in [3.05, 3.63) is 29.8 Å². The summed E-state index contributed by atoms with van der Waals surface area (Å²) in [5.41, 5.74) is 1.30. The number of nitrogens with zero attached hydrogens (tertiary/aromatic N) is 1. The van der Waals surface area contributed by atoms with Gasteiger partial charge in [0.05, 0.1) is 12.7 Å². The van der Waals surface area contributed by atoms with E-state index in [-0.39, 0.29) is 5.92 Å². The molecule has 7 nitrogen and oxygen atoms in total. The lowest BCUT2D eigenvalue weighted by Crippen LogP contribution is -2.44. The maximum Gasteiger partial charge on any atom is 0.338 e. The van der Waals surface area contributed by atoms with Gasteiger partial charge in [0.2, 0.25) is 0 Å². The van der Waals surface area contributed by atoms with Crippen LogP contribution in [0, 0.1) is 5.92 Å². The number of esters is 2. The van der Waals surface area contributed by atoms with Crippen molar-refractivity contribution >= 4 is 23.5 Å². The van der Waals surface area contributed by atoms with Gasteiger partial charge >= 0.3 is 11.9 Å². The zero-order valence-electron chi connectivity index (χ0n) is 15.4. The van der Waals surface area contributed by atoms with Crippen LogP contribution in [0.15, 0.2) is 24.3 Å². The molecule has 0 saturated carbocycles. The van der Waals surface area contributed by atoms with Crippen LogP contribution in [-0.2, 0) is 19.1 Å². The number of carbonyl (C=O) groups excluding carboxylic acids is 3. The molecule has 0 aliphatic carbocycles. The molecule has 138 valence electrons. The van der Waals surface area contributed by atoms with Crippen LogP contribution in [0.4, 0.5) is 5.69 Å². The van der Waals surface area contributed by atoms with Gasteiger partial charge in [0, 0.05) is 19.8 Å². The van der Waals surface area contributed by atoms with Crippen molar-refractivity contribution in [3.63, 3.8) is 0 Å². The largest absolute Gasteiger partial charge is 0.467 e. The quantitative estimate of drug-likeness (QED) is 0.717. The third-order valence-corrected chi connectivity index (χ3v) is 3.48. The smallest absolute Gasteiger partial charge is 0.338 e. The number of methoxy groups -OCH3 is 1. The maximum absolute atomic E-state index is 12.0. The predicted molar refractivity (Wildman–Crippen MR) is 94.5 cm³/mol. The number of hydrogen-bond donors (Lipinski definition) is 1. The molecular weight excluding hydrogens is 324 g/mol. The SMILES string of the molecule is COC(=O)[C@H](CC(C)C)NC(=O)COC(=O)c1ccc(N(C)C)cc1. The Morgan fingerprint density at radius 1 is 1.12 bits per heavy atom. The lowest BCUT2D eigenvalue weighted by atomic mass is 10.0. The molecule has 1 aromatic rings. The fraction of sp³-hybridized carbons (Fsp3) is 0.500. The van der Waals surface area contributed by atoms with Crippen molar-refractivity contribution in [2.45, 2.75) is 26.3 Å². The number of carbonyl (C=O) groups is 3. The van der Waals surface area contributed by atoms with Gasteiger partial charge in [-0.2, -0.15) is 0 Å². The molecule has 0 radical (unpaired) electrons. The molecule has 0 heterocycles. The molecule has 0 aromatic heterocycles. The molecule has 1 rings (SSSR count). The second-order valence-electron chi connectivity index (χ2n) is 6.29. The summed E-state index contributed by atoms with van der Waals surface area (Å²) in [6, 6.07) is 6.08. The molecule has 0 fully saturated rings. The molecule has 1 atom stereocenters. The zero-order chi connectivity index (χ0) is 19.0. The van der Waals surface area contributed by atoms with E-state index in [1.54, 1.807) is 24.3 Å². The minimum atomic E-state index is -0.754. The molecule has 1 amide bonds. The fourth-order valence-corrected chi connectivity index (χ4v) is 2.17. The van der Waals surface area contributed by atoms with Crippen LogP contribution in [0.3, 0.4) is 0 Å². The van der Waals surface area contributed by atoms with Crippen molar-refractivity contribution in [1.82, 2.24) is 5.32 Å². The number of nitrogens with one attached hydrogen (secondary N) is 1. The zero-order valence-corrected chi connectivity index (χ0v) is 15.4. The number of rotatable bonds is 8. The summed E-state index contributed by atoms with van der Waals surface area (Å²) in [6.45, 7) is 3.40. The fourth-order valence-electron chi connectivity index (χ4n) is 2.17. The van der Waals surface area contributed by atoms with Crippen LogP contribution in [-0.4, -0.2) is 51.7 Å². The van der Waals surface area contributed by atoms with E-state index in [4.69, 9.17) is 4.74 Å². The van der Waals surface area contributed by atoms with Gasteiger partial charge in [0.1, 0.15) is 6.04 Å². The first-order valence-electron chi connectivity index (χ1n) is 8.06. The molecule has 1 N–H and O–H groups in total. The van der Waals surface area contributed by atoms with Crippen molar-refractivity contribution in [3.8, 4) is 0 Å². The van der Waals surface area contributed by atoms with Crippen LogP contribution in [0.5, 0.6) is 0 Å². The highest BCUT2D eigenvalue weighted by atomic mass is 16.5. The van der Waals surface area contributed by atoms with Crippen molar-refractivity contribution in [2.24, 2.45) is 5.92 Å². The van der Waals surface area contributed by atoms with Gasteiger partial charge in [0.25, 0.3) is 5.91 Å². The number of amides is 1. The highest BCUT2D eigenvalue weighted by molar-refractivity contribution is 5.92. The van der Waals surface area contributed by atoms with Gasteiger partial charge in [0.15, 0.2) is 6.61 Å². The van der Waals surface area contributed by atoms with Crippen molar-refractivity contribution < 1.29 is 23.9 Å². The number of benzene rings is 1. The summed E-state index contributed by atoms with van der Waals surface area (Å²) >= 11 is 0. The molecule has 25 heavy (non-hydrogen) atoms. The lowest BCUT2D eigenvalue weighted by Gasteiger charge is -2.18. The van der Waals surface area contributed by atoms with Crippen LogP contribution in [0.25, 0.3) is 0 Å². The van der Waals surface area contributed by atoms with Crippen LogP contribution >= 0.6 is 0 Å². The van der Waals surface area contributed by atoms with Gasteiger partial charge in [-0.1, -0.05) is 13.8 Å². The summed E-state index contributed by atoms with van der Waals surface area (Å²) in [6.07, 6.45) is 0.443. The summed E-state index contributed by atoms with van der Waals surface area (Å²) in [7, 11) is 5.05. The number of ether oxygens (including phenoxy) is 2. The molecule has 0 bridgehead atoms. The Morgan fingerprint density at radius 2 is 1.72 bits per heavy atom. The third-order valence-electron chi connectivity index (χ3n) is 3.48. The normalized spacial score (nSPS) is 11.6. The summed E-state index contributed by atoms with van der Waals surface area (Å²) < 4.78 is 9.67. The molecule has 0 unspecified atom stereocenters. The molecule has 7 heteroatoms. The number of anilines is 1. The maximum atomic E-state index is 12.0. The molecule has 0 aliphatic rings. The first-order chi connectivity index (χ1) is 11.7. The van der Waals surface area contributed by atoms with Gasteiger partial charge in [-0.25, -0.2) is 9.59 Å². The topological polar surface area (TPSA) is 84.9 Å². The van der Waals surface area contributed by atoms with E-state index in [0.717, 1.165) is 5.69 Å². The molecule has 0 aliphatic heterocycles. The van der Waals surface area contributed by atoms with Crippen molar-refractivity contribution in [2.75, 3.05) is 32.7 Å². The predicted octanol–water partition coefficient (Wildman–Crippen LogP) is 1.61. The first kappa shape index (κ1) is 20.5. The van der Waals surface area contributed by atoms with Crippen LogP contribution in [0.2, 0.25) is 0 Å². The van der Waals surface area contributed by atoms with Gasteiger partial charge in [-0.15, -0.1) is 0 Å². The monoisotopic (exact) mass is 350 g/mol. The molecule has 1 aromatic carbocycles. The molecular formula is C18H26N2O5. The number of hydrogen-bond acceptors (Lipinski definition) is 6. The van der Waals surface area contributed by atoms with Gasteiger partial charge in [-0.3, -0.25) is 4.79 Å². The van der Waals surface area contributed by atoms with E-state index >= 15 is 0 Å². The second-order valence-corrected chi connectivity index (χ2v) is 6.29. The Morgan fingerprint density at radius 3 is 2.20 bits per heavy atom. The Bertz CT molecular complexity index is 596. The highest BCUT2D eigenvalue weighted by Gasteiger charge is 2.23. The van der Waals surface area contributed by atoms with Gasteiger partial charge < -0.3 is 19.7 Å². The molecule has 0 saturated heterocycles. The van der Waals surface area contributed by atoms with E-state index in [9.17, 15) is 14.4 Å². The average Bonchev–Trinajstić information content (AvgIpc) is 2.58. The Hall–Kier alpha value is -2.57. The van der Waals surface area contributed by atoms with Gasteiger partial charge in [-0.05, 0) is 36.6 Å². The van der Waals surface area contributed by atoms with E-state index in [0.29, 0.717) is 12.0 Å². The van der Waals surface area contributed by atoms with Crippen molar-refractivity contribution in [1.29, 1.82) is 0 Å². The summed E-state index contributed by atoms with van der Waals surface area (Å²) in [4.78, 5) is 37.5. The standard InChI is InChI=1S/C18H26N2O5/c1-12(2)10-15(18(23)24-5)19-16(21)11-25-17(22)13-6-8-14(9-7-13)20(3)4/h6-9,12,15H,10-11H2,1-5H3,(H,19,21)/t15-/m0/s1. The van der Waals surface area contributed by atoms with E-state index in [2.05, 4.69) is 10.1 Å². The van der Waals surface area contributed by atoms with Crippen LogP contribution in [0.1, 0.15) is 30.6 Å². The Balaban J connectivity index is 2.56. The second kappa shape index (κ2) is 9.66. The average molecular weight is 350 g/mol. The third kappa shape index (κ3) is 6.82. The summed E-state index contributed by atoms with van der Waals surface area (Å²) in [5, 5.41) is 2.53.